The normalized spacial score (nSPS) is 21.2. The summed E-state index contributed by atoms with van der Waals surface area (Å²) in [7, 11) is 0. The number of hydrogen-bond acceptors (Lipinski definition) is 4. The number of carbonyl (C=O) groups excluding carboxylic acids is 2. The third-order valence-electron chi connectivity index (χ3n) is 3.97. The van der Waals surface area contributed by atoms with Gasteiger partial charge < -0.3 is 19.7 Å². The molecule has 24 heavy (non-hydrogen) atoms. The topological polar surface area (TPSA) is 67.9 Å². The van der Waals surface area contributed by atoms with Crippen molar-refractivity contribution in [2.75, 3.05) is 26.4 Å². The van der Waals surface area contributed by atoms with E-state index in [2.05, 4.69) is 5.32 Å². The Balaban J connectivity index is 2.20. The van der Waals surface area contributed by atoms with E-state index in [-0.39, 0.29) is 24.5 Å². The van der Waals surface area contributed by atoms with Crippen LogP contribution in [0.5, 0.6) is 0 Å². The molecule has 1 saturated heterocycles. The van der Waals surface area contributed by atoms with Crippen LogP contribution in [-0.4, -0.2) is 55.2 Å². The van der Waals surface area contributed by atoms with E-state index < -0.39 is 12.1 Å². The van der Waals surface area contributed by atoms with E-state index in [9.17, 15) is 9.59 Å². The summed E-state index contributed by atoms with van der Waals surface area (Å²) in [6.45, 7) is 7.21. The van der Waals surface area contributed by atoms with Crippen LogP contribution in [0.3, 0.4) is 0 Å². The molecule has 1 fully saturated rings. The maximum absolute atomic E-state index is 12.6. The molecule has 1 aliphatic heterocycles. The Labute approximate surface area is 143 Å². The van der Waals surface area contributed by atoms with E-state index in [0.717, 1.165) is 5.56 Å². The van der Waals surface area contributed by atoms with Gasteiger partial charge in [-0.1, -0.05) is 30.3 Å². The smallest absolute Gasteiger partial charge is 0.251 e. The van der Waals surface area contributed by atoms with Gasteiger partial charge in [-0.05, 0) is 26.3 Å². The zero-order valence-corrected chi connectivity index (χ0v) is 14.5. The molecule has 1 aliphatic rings. The molecular formula is C18H26N2O4. The molecule has 0 unspecified atom stereocenters. The van der Waals surface area contributed by atoms with Crippen LogP contribution in [0.1, 0.15) is 32.4 Å². The predicted molar refractivity (Wildman–Crippen MR) is 90.4 cm³/mol. The molecule has 1 aromatic carbocycles. The molecule has 2 amide bonds. The van der Waals surface area contributed by atoms with Crippen LogP contribution in [-0.2, 0) is 19.1 Å². The average molecular weight is 334 g/mol. The molecule has 0 spiro atoms. The number of amides is 2. The summed E-state index contributed by atoms with van der Waals surface area (Å²) in [6.07, 6.45) is -0.728. The van der Waals surface area contributed by atoms with Crippen LogP contribution in [0.2, 0.25) is 0 Å². The van der Waals surface area contributed by atoms with Gasteiger partial charge in [0.2, 0.25) is 5.91 Å². The van der Waals surface area contributed by atoms with E-state index in [0.29, 0.717) is 19.8 Å². The maximum atomic E-state index is 12.6. The molecule has 0 saturated carbocycles. The lowest BCUT2D eigenvalue weighted by Gasteiger charge is -2.42. The van der Waals surface area contributed by atoms with E-state index in [1.54, 1.807) is 4.90 Å². The first-order valence-electron chi connectivity index (χ1n) is 8.39. The van der Waals surface area contributed by atoms with Gasteiger partial charge in [-0.25, -0.2) is 0 Å². The standard InChI is InChI=1S/C18H26N2O4/c1-4-23-11-10-19-18(22)17-16(14-8-6-5-7-9-14)20(13(2)3)15(21)12-24-17/h5-9,13,16-17H,4,10-12H2,1-3H3,(H,19,22)/t16-,17+/m1/s1. The number of hydrogen-bond donors (Lipinski definition) is 1. The first kappa shape index (κ1) is 18.4. The molecular weight excluding hydrogens is 308 g/mol. The summed E-state index contributed by atoms with van der Waals surface area (Å²) < 4.78 is 10.9. The Bertz CT molecular complexity index is 547. The number of benzene rings is 1. The molecule has 1 aromatic rings. The second-order valence-electron chi connectivity index (χ2n) is 5.97. The van der Waals surface area contributed by atoms with Gasteiger partial charge in [0.05, 0.1) is 12.6 Å². The van der Waals surface area contributed by atoms with Crippen molar-refractivity contribution in [2.45, 2.75) is 39.0 Å². The minimum absolute atomic E-state index is 0.0228. The van der Waals surface area contributed by atoms with Crippen LogP contribution < -0.4 is 5.32 Å². The van der Waals surface area contributed by atoms with Crippen LogP contribution in [0.4, 0.5) is 0 Å². The van der Waals surface area contributed by atoms with Gasteiger partial charge in [0, 0.05) is 19.2 Å². The summed E-state index contributed by atoms with van der Waals surface area (Å²) in [4.78, 5) is 26.7. The molecule has 6 nitrogen and oxygen atoms in total. The lowest BCUT2D eigenvalue weighted by molar-refractivity contribution is -0.167. The van der Waals surface area contributed by atoms with Gasteiger partial charge in [-0.3, -0.25) is 9.59 Å². The molecule has 2 atom stereocenters. The van der Waals surface area contributed by atoms with Gasteiger partial charge >= 0.3 is 0 Å². The molecule has 0 radical (unpaired) electrons. The second kappa shape index (κ2) is 8.80. The van der Waals surface area contributed by atoms with Crippen molar-refractivity contribution >= 4 is 11.8 Å². The highest BCUT2D eigenvalue weighted by Crippen LogP contribution is 2.32. The largest absolute Gasteiger partial charge is 0.380 e. The first-order chi connectivity index (χ1) is 11.6. The van der Waals surface area contributed by atoms with Crippen LogP contribution >= 0.6 is 0 Å². The zero-order valence-electron chi connectivity index (χ0n) is 14.5. The quantitative estimate of drug-likeness (QED) is 0.768. The predicted octanol–water partition coefficient (Wildman–Crippen LogP) is 1.52. The molecule has 0 bridgehead atoms. The summed E-state index contributed by atoms with van der Waals surface area (Å²) in [5.74, 6) is -0.320. The molecule has 2 rings (SSSR count). The Morgan fingerprint density at radius 1 is 1.38 bits per heavy atom. The number of carbonyl (C=O) groups is 2. The Hall–Kier alpha value is -1.92. The van der Waals surface area contributed by atoms with Crippen LogP contribution in [0.25, 0.3) is 0 Å². The number of morpholine rings is 1. The van der Waals surface area contributed by atoms with Gasteiger partial charge in [0.15, 0.2) is 6.10 Å². The third-order valence-corrected chi connectivity index (χ3v) is 3.97. The fourth-order valence-corrected chi connectivity index (χ4v) is 2.93. The molecule has 132 valence electrons. The van der Waals surface area contributed by atoms with Crippen molar-refractivity contribution in [3.63, 3.8) is 0 Å². The lowest BCUT2D eigenvalue weighted by atomic mass is 9.96. The molecule has 1 heterocycles. The Kier molecular flexibility index (Phi) is 6.75. The SMILES string of the molecule is CCOCCNC(=O)[C@H]1OCC(=O)N(C(C)C)[C@@H]1c1ccccc1. The fraction of sp³-hybridized carbons (Fsp3) is 0.556. The van der Waals surface area contributed by atoms with E-state index >= 15 is 0 Å². The van der Waals surface area contributed by atoms with E-state index in [1.165, 1.54) is 0 Å². The molecule has 6 heteroatoms. The van der Waals surface area contributed by atoms with Gasteiger partial charge in [-0.2, -0.15) is 0 Å². The van der Waals surface area contributed by atoms with Crippen molar-refractivity contribution < 1.29 is 19.1 Å². The summed E-state index contributed by atoms with van der Waals surface area (Å²) in [5.41, 5.74) is 0.893. The maximum Gasteiger partial charge on any atom is 0.251 e. The number of rotatable bonds is 7. The van der Waals surface area contributed by atoms with Crippen LogP contribution in [0, 0.1) is 0 Å². The Morgan fingerprint density at radius 3 is 2.71 bits per heavy atom. The summed E-state index contributed by atoms with van der Waals surface area (Å²) >= 11 is 0. The summed E-state index contributed by atoms with van der Waals surface area (Å²) in [5, 5.41) is 2.83. The van der Waals surface area contributed by atoms with Crippen molar-refractivity contribution in [2.24, 2.45) is 0 Å². The lowest BCUT2D eigenvalue weighted by Crippen LogP contribution is -2.56. The fourth-order valence-electron chi connectivity index (χ4n) is 2.93. The molecule has 0 aliphatic carbocycles. The first-order valence-corrected chi connectivity index (χ1v) is 8.39. The number of nitrogens with zero attached hydrogens (tertiary/aromatic N) is 1. The van der Waals surface area contributed by atoms with E-state index in [1.807, 2.05) is 51.1 Å². The van der Waals surface area contributed by atoms with Gasteiger partial charge in [0.1, 0.15) is 6.61 Å². The highest BCUT2D eigenvalue weighted by atomic mass is 16.5. The van der Waals surface area contributed by atoms with Gasteiger partial charge in [-0.15, -0.1) is 0 Å². The zero-order chi connectivity index (χ0) is 17.5. The van der Waals surface area contributed by atoms with E-state index in [4.69, 9.17) is 9.47 Å². The number of ether oxygens (including phenoxy) is 2. The van der Waals surface area contributed by atoms with Crippen molar-refractivity contribution in [1.82, 2.24) is 10.2 Å². The second-order valence-corrected chi connectivity index (χ2v) is 5.97. The van der Waals surface area contributed by atoms with Crippen molar-refractivity contribution in [3.05, 3.63) is 35.9 Å². The summed E-state index contributed by atoms with van der Waals surface area (Å²) in [6, 6.07) is 9.09. The monoisotopic (exact) mass is 334 g/mol. The minimum atomic E-state index is -0.728. The minimum Gasteiger partial charge on any atom is -0.380 e. The molecule has 1 N–H and O–H groups in total. The highest BCUT2D eigenvalue weighted by molar-refractivity contribution is 5.86. The Morgan fingerprint density at radius 2 is 2.08 bits per heavy atom. The van der Waals surface area contributed by atoms with Crippen molar-refractivity contribution in [3.8, 4) is 0 Å². The van der Waals surface area contributed by atoms with Crippen LogP contribution in [0.15, 0.2) is 30.3 Å². The average Bonchev–Trinajstić information content (AvgIpc) is 2.58. The van der Waals surface area contributed by atoms with Crippen molar-refractivity contribution in [1.29, 1.82) is 0 Å². The highest BCUT2D eigenvalue weighted by Gasteiger charge is 2.42. The third kappa shape index (κ3) is 4.33. The number of nitrogens with one attached hydrogen (secondary N) is 1. The van der Waals surface area contributed by atoms with Gasteiger partial charge in [0.25, 0.3) is 5.91 Å². The molecule has 0 aromatic heterocycles.